The van der Waals surface area contributed by atoms with Gasteiger partial charge in [-0.3, -0.25) is 4.79 Å². The molecule has 1 N–H and O–H groups in total. The van der Waals surface area contributed by atoms with E-state index in [1.54, 1.807) is 24.9 Å². The van der Waals surface area contributed by atoms with Crippen molar-refractivity contribution in [2.75, 3.05) is 25.1 Å². The summed E-state index contributed by atoms with van der Waals surface area (Å²) < 4.78 is 7.45. The Morgan fingerprint density at radius 2 is 2.12 bits per heavy atom. The van der Waals surface area contributed by atoms with Gasteiger partial charge in [0, 0.05) is 27.1 Å². The molecule has 8 nitrogen and oxygen atoms in total. The third-order valence-corrected chi connectivity index (χ3v) is 5.81. The van der Waals surface area contributed by atoms with Gasteiger partial charge in [-0.25, -0.2) is 0 Å². The molecule has 0 bridgehead atoms. The number of nitrogens with zero attached hydrogens (tertiary/aromatic N) is 5. The number of ether oxygens (including phenoxy) is 1. The smallest absolute Gasteiger partial charge is 0.217 e. The van der Waals surface area contributed by atoms with Gasteiger partial charge in [-0.1, -0.05) is 6.92 Å². The maximum Gasteiger partial charge on any atom is 0.217 e. The lowest BCUT2D eigenvalue weighted by Gasteiger charge is -2.37. The average Bonchev–Trinajstić information content (AvgIpc) is 3.25. The number of hydrogen-bond acceptors (Lipinski definition) is 6. The Kier molecular flexibility index (Phi) is 4.52. The monoisotopic (exact) mass is 358 g/mol. The first-order valence-corrected chi connectivity index (χ1v) is 9.33. The number of nitrogens with one attached hydrogen (secondary N) is 1. The molecular formula is C18H26N6O2. The van der Waals surface area contributed by atoms with Crippen molar-refractivity contribution in [1.29, 1.82) is 0 Å². The van der Waals surface area contributed by atoms with Crippen molar-refractivity contribution in [3.63, 3.8) is 0 Å². The van der Waals surface area contributed by atoms with Crippen molar-refractivity contribution >= 4 is 17.2 Å². The molecule has 1 aliphatic carbocycles. The fourth-order valence-electron chi connectivity index (χ4n) is 4.55. The molecule has 0 radical (unpaired) electrons. The fourth-order valence-corrected chi connectivity index (χ4v) is 4.55. The van der Waals surface area contributed by atoms with Gasteiger partial charge >= 0.3 is 0 Å². The second-order valence-corrected chi connectivity index (χ2v) is 7.45. The van der Waals surface area contributed by atoms with Crippen LogP contribution in [0, 0.1) is 11.8 Å². The fraction of sp³-hybridized carbons (Fsp3) is 0.667. The molecule has 2 aromatic heterocycles. The zero-order valence-electron chi connectivity index (χ0n) is 15.6. The average molecular weight is 358 g/mol. The Balaban J connectivity index is 1.59. The van der Waals surface area contributed by atoms with Gasteiger partial charge in [0.1, 0.15) is 6.33 Å². The number of aromatic nitrogens is 4. The van der Waals surface area contributed by atoms with E-state index in [0.29, 0.717) is 11.8 Å². The number of hydrogen-bond donors (Lipinski definition) is 1. The van der Waals surface area contributed by atoms with Gasteiger partial charge in [0.05, 0.1) is 23.5 Å². The van der Waals surface area contributed by atoms with E-state index in [-0.39, 0.29) is 18.1 Å². The number of amides is 1. The van der Waals surface area contributed by atoms with E-state index in [2.05, 4.69) is 38.5 Å². The van der Waals surface area contributed by atoms with Gasteiger partial charge in [-0.05, 0) is 37.2 Å². The highest BCUT2D eigenvalue weighted by Gasteiger charge is 2.43. The molecule has 140 valence electrons. The SMILES string of the molecule is CCc1cc(N2C[C@H]3C[C@@H](NC(C)=O)[C@H](OC)C[C@H]3C2)c2nncn2n1. The minimum absolute atomic E-state index is 0.0113. The van der Waals surface area contributed by atoms with Crippen LogP contribution in [0.5, 0.6) is 0 Å². The van der Waals surface area contributed by atoms with E-state index >= 15 is 0 Å². The van der Waals surface area contributed by atoms with Crippen molar-refractivity contribution in [3.8, 4) is 0 Å². The van der Waals surface area contributed by atoms with Crippen molar-refractivity contribution < 1.29 is 9.53 Å². The highest BCUT2D eigenvalue weighted by atomic mass is 16.5. The number of aryl methyl sites for hydroxylation is 1. The third kappa shape index (κ3) is 3.02. The highest BCUT2D eigenvalue weighted by Crippen LogP contribution is 2.40. The summed E-state index contributed by atoms with van der Waals surface area (Å²) in [5, 5.41) is 15.9. The van der Waals surface area contributed by atoms with Crippen LogP contribution in [0.2, 0.25) is 0 Å². The molecule has 0 aromatic carbocycles. The topological polar surface area (TPSA) is 84.7 Å². The Morgan fingerprint density at radius 3 is 2.81 bits per heavy atom. The molecule has 3 heterocycles. The molecule has 1 saturated heterocycles. The van der Waals surface area contributed by atoms with E-state index in [4.69, 9.17) is 4.74 Å². The lowest BCUT2D eigenvalue weighted by atomic mass is 9.77. The van der Waals surface area contributed by atoms with Crippen LogP contribution in [0.15, 0.2) is 12.4 Å². The van der Waals surface area contributed by atoms with E-state index in [0.717, 1.165) is 49.4 Å². The summed E-state index contributed by atoms with van der Waals surface area (Å²) in [6.07, 6.45) is 4.54. The first-order chi connectivity index (χ1) is 12.6. The number of carbonyl (C=O) groups is 1. The van der Waals surface area contributed by atoms with Gasteiger partial charge < -0.3 is 15.0 Å². The summed E-state index contributed by atoms with van der Waals surface area (Å²) >= 11 is 0. The Hall–Kier alpha value is -2.22. The molecule has 2 aromatic rings. The van der Waals surface area contributed by atoms with Crippen LogP contribution < -0.4 is 10.2 Å². The molecule has 0 unspecified atom stereocenters. The van der Waals surface area contributed by atoms with Crippen LogP contribution in [0.3, 0.4) is 0 Å². The normalized spacial score (nSPS) is 28.3. The second-order valence-electron chi connectivity index (χ2n) is 7.45. The van der Waals surface area contributed by atoms with Gasteiger partial charge in [0.15, 0.2) is 0 Å². The van der Waals surface area contributed by atoms with Crippen LogP contribution in [0.4, 0.5) is 5.69 Å². The van der Waals surface area contributed by atoms with Crippen LogP contribution in [0.1, 0.15) is 32.4 Å². The standard InChI is InChI=1S/C18H26N6O2/c1-4-14-7-16(18-21-19-10-24(18)22-14)23-8-12-5-15(20-11(2)25)17(26-3)6-13(12)9-23/h7,10,12-13,15,17H,4-6,8-9H2,1-3H3,(H,20,25)/t12-,13+,15-,17-/m1/s1. The van der Waals surface area contributed by atoms with E-state index in [9.17, 15) is 4.79 Å². The predicted molar refractivity (Wildman–Crippen MR) is 97.0 cm³/mol. The maximum atomic E-state index is 11.5. The van der Waals surface area contributed by atoms with E-state index < -0.39 is 0 Å². The first-order valence-electron chi connectivity index (χ1n) is 9.33. The first kappa shape index (κ1) is 17.2. The van der Waals surface area contributed by atoms with Crippen LogP contribution in [-0.2, 0) is 16.0 Å². The van der Waals surface area contributed by atoms with Crippen molar-refractivity contribution in [2.24, 2.45) is 11.8 Å². The largest absolute Gasteiger partial charge is 0.379 e. The van der Waals surface area contributed by atoms with E-state index in [1.165, 1.54) is 0 Å². The highest BCUT2D eigenvalue weighted by molar-refractivity contribution is 5.73. The zero-order valence-corrected chi connectivity index (χ0v) is 15.6. The minimum Gasteiger partial charge on any atom is -0.379 e. The van der Waals surface area contributed by atoms with Crippen LogP contribution in [0.25, 0.3) is 5.65 Å². The summed E-state index contributed by atoms with van der Waals surface area (Å²) in [4.78, 5) is 13.9. The molecule has 1 amide bonds. The van der Waals surface area contributed by atoms with Gasteiger partial charge in [0.25, 0.3) is 0 Å². The Bertz CT molecular complexity index is 806. The van der Waals surface area contributed by atoms with Gasteiger partial charge in [0.2, 0.25) is 11.6 Å². The second kappa shape index (κ2) is 6.83. The molecule has 1 saturated carbocycles. The van der Waals surface area contributed by atoms with Crippen molar-refractivity contribution in [1.82, 2.24) is 25.1 Å². The summed E-state index contributed by atoms with van der Waals surface area (Å²) in [6.45, 7) is 5.62. The number of fused-ring (bicyclic) bond motifs is 2. The Morgan fingerprint density at radius 1 is 1.35 bits per heavy atom. The zero-order chi connectivity index (χ0) is 18.3. The quantitative estimate of drug-likeness (QED) is 0.879. The molecule has 2 fully saturated rings. The third-order valence-electron chi connectivity index (χ3n) is 5.81. The molecule has 2 aliphatic rings. The molecular weight excluding hydrogens is 332 g/mol. The summed E-state index contributed by atoms with van der Waals surface area (Å²) in [7, 11) is 1.74. The van der Waals surface area contributed by atoms with Crippen LogP contribution in [-0.4, -0.2) is 58.1 Å². The molecule has 26 heavy (non-hydrogen) atoms. The van der Waals surface area contributed by atoms with Gasteiger partial charge in [-0.2, -0.15) is 9.61 Å². The van der Waals surface area contributed by atoms with Crippen LogP contribution >= 0.6 is 0 Å². The number of rotatable bonds is 4. The lowest BCUT2D eigenvalue weighted by Crippen LogP contribution is -2.49. The maximum absolute atomic E-state index is 11.5. The minimum atomic E-state index is 0.0113. The number of carbonyl (C=O) groups excluding carboxylic acids is 1. The summed E-state index contributed by atoms with van der Waals surface area (Å²) in [5.74, 6) is 1.11. The Labute approximate surface area is 152 Å². The van der Waals surface area contributed by atoms with E-state index in [1.807, 2.05) is 0 Å². The molecule has 1 aliphatic heterocycles. The number of methoxy groups -OCH3 is 1. The molecule has 8 heteroatoms. The molecule has 4 rings (SSSR count). The summed E-state index contributed by atoms with van der Waals surface area (Å²) in [6, 6.07) is 2.23. The molecule has 0 spiro atoms. The van der Waals surface area contributed by atoms with Crippen molar-refractivity contribution in [3.05, 3.63) is 18.1 Å². The lowest BCUT2D eigenvalue weighted by molar-refractivity contribution is -0.121. The summed E-state index contributed by atoms with van der Waals surface area (Å²) in [5.41, 5.74) is 2.95. The number of anilines is 1. The van der Waals surface area contributed by atoms with Gasteiger partial charge in [-0.15, -0.1) is 10.2 Å². The van der Waals surface area contributed by atoms with Crippen molar-refractivity contribution in [2.45, 2.75) is 45.3 Å². The predicted octanol–water partition coefficient (Wildman–Crippen LogP) is 1.05. The molecule has 4 atom stereocenters.